The van der Waals surface area contributed by atoms with Crippen LogP contribution >= 0.6 is 27.7 Å². The number of benzene rings is 2. The Hall–Kier alpha value is -2.29. The molecule has 5 heteroatoms. The maximum atomic E-state index is 14.2. The molecule has 1 fully saturated rings. The van der Waals surface area contributed by atoms with Crippen LogP contribution in [0.1, 0.15) is 43.2 Å². The molecule has 5 rings (SSSR count). The average molecular weight is 491 g/mol. The van der Waals surface area contributed by atoms with Crippen molar-refractivity contribution in [1.29, 1.82) is 0 Å². The van der Waals surface area contributed by atoms with Crippen molar-refractivity contribution in [2.75, 3.05) is 5.75 Å². The number of hydrogen-bond donors (Lipinski definition) is 0. The van der Waals surface area contributed by atoms with Crippen molar-refractivity contribution >= 4 is 27.7 Å². The zero-order chi connectivity index (χ0) is 21.4. The zero-order valence-corrected chi connectivity index (χ0v) is 19.6. The number of terminal acetylenes is 1. The Morgan fingerprint density at radius 1 is 1.13 bits per heavy atom. The van der Waals surface area contributed by atoms with Crippen molar-refractivity contribution in [2.24, 2.45) is 0 Å². The monoisotopic (exact) mass is 490 g/mol. The number of thioether (sulfide) groups is 1. The van der Waals surface area contributed by atoms with Gasteiger partial charge in [-0.2, -0.15) is 0 Å². The number of fused-ring (bicyclic) bond motifs is 4. The Morgan fingerprint density at radius 2 is 1.94 bits per heavy atom. The van der Waals surface area contributed by atoms with Crippen LogP contribution in [0.25, 0.3) is 16.9 Å². The minimum absolute atomic E-state index is 0.0547. The van der Waals surface area contributed by atoms with Gasteiger partial charge in [-0.05, 0) is 43.0 Å². The van der Waals surface area contributed by atoms with Gasteiger partial charge in [0.2, 0.25) is 0 Å². The van der Waals surface area contributed by atoms with E-state index < -0.39 is 0 Å². The number of rotatable bonds is 3. The second-order valence-electron chi connectivity index (χ2n) is 8.41. The van der Waals surface area contributed by atoms with E-state index in [0.29, 0.717) is 10.9 Å². The summed E-state index contributed by atoms with van der Waals surface area (Å²) >= 11 is 5.00. The Kier molecular flexibility index (Phi) is 5.54. The Balaban J connectivity index is 1.84. The highest BCUT2D eigenvalue weighted by molar-refractivity contribution is 9.10. The molecule has 1 spiro atoms. The molecule has 1 saturated carbocycles. The van der Waals surface area contributed by atoms with Crippen LogP contribution in [-0.2, 0) is 11.8 Å². The van der Waals surface area contributed by atoms with Crippen molar-refractivity contribution in [3.63, 3.8) is 0 Å². The highest BCUT2D eigenvalue weighted by Gasteiger charge is 2.43. The first-order chi connectivity index (χ1) is 15.1. The maximum Gasteiger partial charge on any atom is 0.263 e. The van der Waals surface area contributed by atoms with Crippen LogP contribution in [-0.4, -0.2) is 15.3 Å². The van der Waals surface area contributed by atoms with Crippen LogP contribution < -0.4 is 5.56 Å². The van der Waals surface area contributed by atoms with Crippen LogP contribution in [0.5, 0.6) is 0 Å². The Morgan fingerprint density at radius 3 is 2.71 bits per heavy atom. The fraction of sp³-hybridized carbons (Fsp3) is 0.308. The summed E-state index contributed by atoms with van der Waals surface area (Å²) in [7, 11) is 0. The van der Waals surface area contributed by atoms with E-state index in [0.717, 1.165) is 59.1 Å². The van der Waals surface area contributed by atoms with Crippen molar-refractivity contribution in [3.8, 4) is 29.3 Å². The molecule has 1 aromatic heterocycles. The highest BCUT2D eigenvalue weighted by Crippen LogP contribution is 2.49. The predicted octanol–water partition coefficient (Wildman–Crippen LogP) is 6.15. The van der Waals surface area contributed by atoms with Crippen molar-refractivity contribution in [3.05, 3.63) is 74.5 Å². The fourth-order valence-corrected chi connectivity index (χ4v) is 6.31. The van der Waals surface area contributed by atoms with E-state index in [-0.39, 0.29) is 11.0 Å². The van der Waals surface area contributed by atoms with E-state index in [1.165, 1.54) is 23.7 Å². The van der Waals surface area contributed by atoms with Gasteiger partial charge in [-0.1, -0.05) is 83.2 Å². The molecule has 0 aliphatic heterocycles. The van der Waals surface area contributed by atoms with Crippen molar-refractivity contribution < 1.29 is 0 Å². The van der Waals surface area contributed by atoms with Gasteiger partial charge < -0.3 is 0 Å². The van der Waals surface area contributed by atoms with Crippen molar-refractivity contribution in [1.82, 2.24) is 9.55 Å². The molecule has 3 aromatic rings. The van der Waals surface area contributed by atoms with Crippen LogP contribution in [0.15, 0.2) is 63.0 Å². The summed E-state index contributed by atoms with van der Waals surface area (Å²) in [6.45, 7) is 0. The molecule has 0 unspecified atom stereocenters. The minimum atomic E-state index is -0.130. The third kappa shape index (κ3) is 3.56. The first-order valence-electron chi connectivity index (χ1n) is 10.7. The summed E-state index contributed by atoms with van der Waals surface area (Å²) < 4.78 is 2.70. The molecular formula is C26H23BrN2OS. The molecule has 0 amide bonds. The second kappa shape index (κ2) is 8.33. The standard InChI is InChI=1S/C26H23BrN2OS/c1-2-15-31-25-28-23-21-12-5-4-9-18(21)17-26(13-6-3-7-14-26)22(23)24(30)29(25)20-11-8-10-19(27)16-20/h1,4-5,8-12,16H,3,6-7,13-15,17H2. The topological polar surface area (TPSA) is 34.9 Å². The molecular weight excluding hydrogens is 468 g/mol. The second-order valence-corrected chi connectivity index (χ2v) is 10.3. The van der Waals surface area contributed by atoms with Gasteiger partial charge in [0.1, 0.15) is 0 Å². The van der Waals surface area contributed by atoms with Gasteiger partial charge in [0.15, 0.2) is 5.16 Å². The summed E-state index contributed by atoms with van der Waals surface area (Å²) in [4.78, 5) is 19.4. The lowest BCUT2D eigenvalue weighted by Crippen LogP contribution is -2.42. The van der Waals surface area contributed by atoms with E-state index in [4.69, 9.17) is 11.4 Å². The maximum absolute atomic E-state index is 14.2. The molecule has 2 aliphatic carbocycles. The van der Waals surface area contributed by atoms with E-state index in [1.807, 2.05) is 30.3 Å². The van der Waals surface area contributed by atoms with Crippen LogP contribution in [0.3, 0.4) is 0 Å². The smallest absolute Gasteiger partial charge is 0.263 e. The number of halogens is 1. The van der Waals surface area contributed by atoms with E-state index >= 15 is 0 Å². The van der Waals surface area contributed by atoms with Gasteiger partial charge in [-0.15, -0.1) is 6.42 Å². The number of aromatic nitrogens is 2. The lowest BCUT2D eigenvalue weighted by molar-refractivity contribution is 0.283. The lowest BCUT2D eigenvalue weighted by atomic mass is 9.62. The molecule has 31 heavy (non-hydrogen) atoms. The van der Waals surface area contributed by atoms with E-state index in [2.05, 4.69) is 40.0 Å². The summed E-state index contributed by atoms with van der Waals surface area (Å²) in [6.07, 6.45) is 12.1. The van der Waals surface area contributed by atoms with Crippen LogP contribution in [0.2, 0.25) is 0 Å². The SMILES string of the molecule is C#CCSc1nc2c(c(=O)n1-c1cccc(Br)c1)C1(CCCCC1)Cc1ccccc1-2. The summed E-state index contributed by atoms with van der Waals surface area (Å²) in [5, 5.41) is 0.655. The van der Waals surface area contributed by atoms with E-state index in [1.54, 1.807) is 4.57 Å². The van der Waals surface area contributed by atoms with Crippen molar-refractivity contribution in [2.45, 2.75) is 49.1 Å². The molecule has 0 bridgehead atoms. The average Bonchev–Trinajstić information content (AvgIpc) is 2.78. The zero-order valence-electron chi connectivity index (χ0n) is 17.2. The van der Waals surface area contributed by atoms with E-state index in [9.17, 15) is 4.79 Å². The predicted molar refractivity (Wildman–Crippen MR) is 131 cm³/mol. The molecule has 3 nitrogen and oxygen atoms in total. The fourth-order valence-electron chi connectivity index (χ4n) is 5.23. The van der Waals surface area contributed by atoms with Crippen LogP contribution in [0, 0.1) is 12.3 Å². The molecule has 0 saturated heterocycles. The third-order valence-corrected chi connectivity index (χ3v) is 7.88. The van der Waals surface area contributed by atoms with Gasteiger partial charge in [-0.3, -0.25) is 9.36 Å². The lowest BCUT2D eigenvalue weighted by Gasteiger charge is -2.42. The largest absolute Gasteiger partial charge is 0.268 e. The van der Waals surface area contributed by atoms with Crippen LogP contribution in [0.4, 0.5) is 0 Å². The molecule has 2 aromatic carbocycles. The van der Waals surface area contributed by atoms with Gasteiger partial charge in [-0.25, -0.2) is 4.98 Å². The van der Waals surface area contributed by atoms with Gasteiger partial charge in [0.25, 0.3) is 5.56 Å². The Labute approximate surface area is 195 Å². The first-order valence-corrected chi connectivity index (χ1v) is 12.5. The highest BCUT2D eigenvalue weighted by atomic mass is 79.9. The normalized spacial score (nSPS) is 16.4. The molecule has 0 atom stereocenters. The molecule has 1 heterocycles. The molecule has 0 N–H and O–H groups in total. The minimum Gasteiger partial charge on any atom is -0.268 e. The number of hydrogen-bond acceptors (Lipinski definition) is 3. The molecule has 156 valence electrons. The van der Waals surface area contributed by atoms with Gasteiger partial charge in [0.05, 0.1) is 22.7 Å². The summed E-state index contributed by atoms with van der Waals surface area (Å²) in [6, 6.07) is 16.3. The summed E-state index contributed by atoms with van der Waals surface area (Å²) in [5.74, 6) is 3.14. The first kappa shape index (κ1) is 20.6. The Bertz CT molecular complexity index is 1250. The number of nitrogens with zero attached hydrogens (tertiary/aromatic N) is 2. The third-order valence-electron chi connectivity index (χ3n) is 6.55. The summed E-state index contributed by atoms with van der Waals surface area (Å²) in [5.41, 5.74) is 4.90. The molecule has 0 radical (unpaired) electrons. The molecule has 2 aliphatic rings. The van der Waals surface area contributed by atoms with Gasteiger partial charge in [0, 0.05) is 15.5 Å². The quantitative estimate of drug-likeness (QED) is 0.251. The van der Waals surface area contributed by atoms with Gasteiger partial charge >= 0.3 is 0 Å².